The SMILES string of the molecule is C.C.C=CCN.C=CCNC(=S)SC(C)(C)C(=O)O.CC(C)=O.Cl.[CH3+]. The van der Waals surface area contributed by atoms with E-state index in [4.69, 9.17) is 23.1 Å². The van der Waals surface area contributed by atoms with Gasteiger partial charge in [0, 0.05) is 20.5 Å². The molecule has 25 heavy (non-hydrogen) atoms. The molecule has 0 aromatic heterocycles. The van der Waals surface area contributed by atoms with Crippen LogP contribution in [0.5, 0.6) is 0 Å². The second-order valence-electron chi connectivity index (χ2n) is 4.31. The van der Waals surface area contributed by atoms with E-state index >= 15 is 0 Å². The molecule has 0 aliphatic heterocycles. The van der Waals surface area contributed by atoms with Gasteiger partial charge in [0.1, 0.15) is 14.9 Å². The molecule has 0 saturated carbocycles. The van der Waals surface area contributed by atoms with Crippen LogP contribution in [0.1, 0.15) is 42.5 Å². The van der Waals surface area contributed by atoms with Crippen LogP contribution in [0.3, 0.4) is 0 Å². The van der Waals surface area contributed by atoms with Crippen molar-refractivity contribution in [3.05, 3.63) is 32.7 Å². The Bertz CT molecular complexity index is 360. The first kappa shape index (κ1) is 43.9. The Balaban J connectivity index is -0.0000000463. The van der Waals surface area contributed by atoms with Gasteiger partial charge < -0.3 is 21.0 Å². The Morgan fingerprint density at radius 1 is 1.24 bits per heavy atom. The molecular formula is C17H38ClN2O3S2+. The molecule has 0 saturated heterocycles. The molecule has 0 amide bonds. The molecule has 0 radical (unpaired) electrons. The summed E-state index contributed by atoms with van der Waals surface area (Å²) >= 11 is 6.05. The number of halogens is 1. The number of carbonyl (C=O) groups is 2. The highest BCUT2D eigenvalue weighted by Crippen LogP contribution is 2.24. The molecule has 0 atom stereocenters. The summed E-state index contributed by atoms with van der Waals surface area (Å²) in [5.74, 6) is -0.708. The zero-order chi connectivity index (χ0) is 17.5. The quantitative estimate of drug-likeness (QED) is 0.344. The van der Waals surface area contributed by atoms with Gasteiger partial charge in [0.2, 0.25) is 0 Å². The molecule has 152 valence electrons. The van der Waals surface area contributed by atoms with Crippen LogP contribution in [0.25, 0.3) is 0 Å². The first-order chi connectivity index (χ1) is 9.54. The van der Waals surface area contributed by atoms with Gasteiger partial charge in [0.15, 0.2) is 0 Å². The van der Waals surface area contributed by atoms with E-state index < -0.39 is 10.7 Å². The number of hydrogen-bond acceptors (Lipinski definition) is 5. The smallest absolute Gasteiger partial charge is 0.319 e. The highest BCUT2D eigenvalue weighted by atomic mass is 35.5. The topological polar surface area (TPSA) is 92.4 Å². The molecule has 0 spiro atoms. The highest BCUT2D eigenvalue weighted by molar-refractivity contribution is 8.24. The maximum atomic E-state index is 10.7. The zero-order valence-electron chi connectivity index (χ0n) is 14.5. The molecule has 0 fully saturated rings. The molecule has 0 heterocycles. The Morgan fingerprint density at radius 3 is 1.76 bits per heavy atom. The van der Waals surface area contributed by atoms with Crippen molar-refractivity contribution in [1.82, 2.24) is 5.32 Å². The van der Waals surface area contributed by atoms with Crippen molar-refractivity contribution < 1.29 is 14.7 Å². The van der Waals surface area contributed by atoms with Gasteiger partial charge in [-0.2, -0.15) is 0 Å². The number of carbonyl (C=O) groups excluding carboxylic acids is 1. The Hall–Kier alpha value is -1.02. The molecule has 8 heteroatoms. The van der Waals surface area contributed by atoms with Gasteiger partial charge in [-0.1, -0.05) is 51.0 Å². The van der Waals surface area contributed by atoms with Crippen LogP contribution in [-0.4, -0.2) is 39.0 Å². The zero-order valence-corrected chi connectivity index (χ0v) is 17.0. The fourth-order valence-electron chi connectivity index (χ4n) is 0.467. The molecule has 0 rings (SSSR count). The minimum Gasteiger partial charge on any atom is -0.480 e. The average Bonchev–Trinajstić information content (AvgIpc) is 2.35. The van der Waals surface area contributed by atoms with E-state index in [9.17, 15) is 9.59 Å². The number of thioether (sulfide) groups is 1. The van der Waals surface area contributed by atoms with Crippen molar-refractivity contribution in [2.75, 3.05) is 13.1 Å². The summed E-state index contributed by atoms with van der Waals surface area (Å²) in [7, 11) is 0. The third kappa shape index (κ3) is 45.1. The number of ketones is 1. The van der Waals surface area contributed by atoms with Crippen molar-refractivity contribution in [2.45, 2.75) is 47.3 Å². The second kappa shape index (κ2) is 27.8. The van der Waals surface area contributed by atoms with Crippen molar-refractivity contribution in [2.24, 2.45) is 5.73 Å². The maximum Gasteiger partial charge on any atom is 0.319 e. The van der Waals surface area contributed by atoms with Crippen LogP contribution >= 0.6 is 36.4 Å². The summed E-state index contributed by atoms with van der Waals surface area (Å²) in [6.45, 7) is 14.3. The van der Waals surface area contributed by atoms with Crippen molar-refractivity contribution in [1.29, 1.82) is 0 Å². The van der Waals surface area contributed by atoms with E-state index in [1.807, 2.05) is 0 Å². The number of carboxylic acid groups (broad SMARTS) is 1. The Kier molecular flexibility index (Phi) is 48.9. The first-order valence-electron chi connectivity index (χ1n) is 6.14. The molecule has 5 nitrogen and oxygen atoms in total. The monoisotopic (exact) mass is 417 g/mol. The molecule has 0 aromatic rings. The van der Waals surface area contributed by atoms with Crippen LogP contribution in [0, 0.1) is 7.43 Å². The maximum absolute atomic E-state index is 10.7. The van der Waals surface area contributed by atoms with Crippen molar-refractivity contribution >= 4 is 52.5 Å². The minimum absolute atomic E-state index is 0. The number of carboxylic acids is 1. The molecule has 0 aliphatic carbocycles. The number of nitrogens with one attached hydrogen (secondary N) is 1. The fraction of sp³-hybridized carbons (Fsp3) is 0.529. The molecule has 4 N–H and O–H groups in total. The van der Waals surface area contributed by atoms with Gasteiger partial charge in [0.25, 0.3) is 0 Å². The Morgan fingerprint density at radius 2 is 1.56 bits per heavy atom. The number of nitrogens with two attached hydrogens (primary N) is 1. The first-order valence-corrected chi connectivity index (χ1v) is 7.36. The van der Waals surface area contributed by atoms with Gasteiger partial charge in [0.05, 0.1) is 0 Å². The third-order valence-corrected chi connectivity index (χ3v) is 2.83. The Labute approximate surface area is 171 Å². The van der Waals surface area contributed by atoms with Gasteiger partial charge in [-0.05, 0) is 27.7 Å². The van der Waals surface area contributed by atoms with Crippen molar-refractivity contribution in [3.8, 4) is 0 Å². The predicted molar refractivity (Wildman–Crippen MR) is 123 cm³/mol. The van der Waals surface area contributed by atoms with Gasteiger partial charge in [-0.15, -0.1) is 25.6 Å². The van der Waals surface area contributed by atoms with Gasteiger partial charge >= 0.3 is 5.97 Å². The molecular weight excluding hydrogens is 380 g/mol. The van der Waals surface area contributed by atoms with E-state index in [0.29, 0.717) is 17.4 Å². The lowest BCUT2D eigenvalue weighted by atomic mass is 10.2. The fourth-order valence-corrected chi connectivity index (χ4v) is 1.88. The lowest BCUT2D eigenvalue weighted by molar-refractivity contribution is -0.138. The van der Waals surface area contributed by atoms with Crippen LogP contribution in [0.15, 0.2) is 25.3 Å². The standard InChI is InChI=1S/C8H13NO2S2.C3H7N.C3H6O.2CH4.CH3.ClH/c1-4-5-9-7(12)13-8(2,3)6(10)11;1-2-3-4;1-3(2)4;;;;/h4H,1,5H2,2-3H3,(H,9,12)(H,10,11);2H,1,3-4H2;1-2H3;2*1H4;1H3;1H/q;;;;;+1;. The highest BCUT2D eigenvalue weighted by Gasteiger charge is 2.29. The number of hydrogen-bond donors (Lipinski definition) is 3. The van der Waals surface area contributed by atoms with Gasteiger partial charge in [-0.3, -0.25) is 4.79 Å². The van der Waals surface area contributed by atoms with E-state index in [-0.39, 0.29) is 40.5 Å². The van der Waals surface area contributed by atoms with Crippen LogP contribution in [0.2, 0.25) is 0 Å². The van der Waals surface area contributed by atoms with Gasteiger partial charge in [-0.25, -0.2) is 0 Å². The predicted octanol–water partition coefficient (Wildman–Crippen LogP) is 4.51. The normalized spacial score (nSPS) is 7.56. The lowest BCUT2D eigenvalue weighted by Crippen LogP contribution is -2.32. The average molecular weight is 418 g/mol. The van der Waals surface area contributed by atoms with E-state index in [0.717, 1.165) is 11.8 Å². The summed E-state index contributed by atoms with van der Waals surface area (Å²) in [6.07, 6.45) is 3.32. The summed E-state index contributed by atoms with van der Waals surface area (Å²) in [6, 6.07) is 0. The third-order valence-electron chi connectivity index (χ3n) is 1.42. The number of aliphatic carboxylic acids is 1. The molecule has 0 unspecified atom stereocenters. The summed E-state index contributed by atoms with van der Waals surface area (Å²) < 4.78 is -0.405. The largest absolute Gasteiger partial charge is 0.480 e. The number of Topliss-reactive ketones (excluding diaryl/α,β-unsaturated/α-hetero) is 1. The molecule has 0 aromatic carbocycles. The number of thiocarbonyl (C=S) groups is 1. The van der Waals surface area contributed by atoms with E-state index in [1.165, 1.54) is 13.8 Å². The summed E-state index contributed by atoms with van der Waals surface area (Å²) in [4.78, 5) is 20.1. The van der Waals surface area contributed by atoms with E-state index in [1.54, 1.807) is 26.0 Å². The second-order valence-corrected chi connectivity index (χ2v) is 6.61. The van der Waals surface area contributed by atoms with Crippen LogP contribution in [0.4, 0.5) is 0 Å². The molecule has 0 aliphatic rings. The summed E-state index contributed by atoms with van der Waals surface area (Å²) in [5, 5.41) is 11.6. The van der Waals surface area contributed by atoms with E-state index in [2.05, 4.69) is 18.5 Å². The van der Waals surface area contributed by atoms with Crippen LogP contribution < -0.4 is 11.1 Å². The summed E-state index contributed by atoms with van der Waals surface area (Å²) in [5.41, 5.74) is 4.91. The minimum atomic E-state index is -0.884. The van der Waals surface area contributed by atoms with Crippen LogP contribution in [-0.2, 0) is 9.59 Å². The number of rotatable bonds is 5. The lowest BCUT2D eigenvalue weighted by Gasteiger charge is -2.18. The molecule has 0 bridgehead atoms. The van der Waals surface area contributed by atoms with Crippen molar-refractivity contribution in [3.63, 3.8) is 0 Å².